The highest BCUT2D eigenvalue weighted by Crippen LogP contribution is 2.27. The summed E-state index contributed by atoms with van der Waals surface area (Å²) in [5.74, 6) is -5.36. The van der Waals surface area contributed by atoms with Crippen LogP contribution in [-0.4, -0.2) is 37.0 Å². The van der Waals surface area contributed by atoms with E-state index in [1.54, 1.807) is 0 Å². The Labute approximate surface area is 81.2 Å². The van der Waals surface area contributed by atoms with Crippen LogP contribution in [0.25, 0.3) is 0 Å². The van der Waals surface area contributed by atoms with Gasteiger partial charge in [0.2, 0.25) is 17.8 Å². The van der Waals surface area contributed by atoms with Crippen LogP contribution in [0.2, 0.25) is 0 Å². The van der Waals surface area contributed by atoms with Gasteiger partial charge in [-0.05, 0) is 14.1 Å². The van der Waals surface area contributed by atoms with Crippen molar-refractivity contribution in [1.29, 1.82) is 0 Å². The van der Waals surface area contributed by atoms with Crippen molar-refractivity contribution in [3.8, 4) is 0 Å². The van der Waals surface area contributed by atoms with Crippen molar-refractivity contribution in [2.75, 3.05) is 14.1 Å². The predicted molar refractivity (Wildman–Crippen MR) is 38.9 cm³/mol. The molecule has 1 unspecified atom stereocenters. The summed E-state index contributed by atoms with van der Waals surface area (Å²) in [6.45, 7) is 0. The molecule has 0 aromatic rings. The van der Waals surface area contributed by atoms with Gasteiger partial charge in [0.05, 0.1) is 0 Å². The minimum atomic E-state index is -4.34. The van der Waals surface area contributed by atoms with Crippen LogP contribution in [-0.2, 0) is 4.79 Å². The van der Waals surface area contributed by atoms with Crippen LogP contribution in [0.5, 0.6) is 0 Å². The van der Waals surface area contributed by atoms with Crippen molar-refractivity contribution in [2.24, 2.45) is 0 Å². The first-order chi connectivity index (χ1) is 6.62. The molecule has 1 atom stereocenters. The number of hydrogen-bond donors (Lipinski definition) is 0. The highest BCUT2D eigenvalue weighted by molar-refractivity contribution is 5.97. The van der Waals surface area contributed by atoms with E-state index in [4.69, 9.17) is 0 Å². The molecule has 0 aromatic heterocycles. The Hall–Kier alpha value is -1.05. The van der Waals surface area contributed by atoms with Crippen LogP contribution in [0.1, 0.15) is 0 Å². The van der Waals surface area contributed by atoms with E-state index < -0.39 is 29.9 Å². The standard InChI is InChI=1S/C7H7F6NO/c1-14(2)7(12,13)5(9)4(15)3(8)6(10)11/h5H,1-2H3. The highest BCUT2D eigenvalue weighted by atomic mass is 19.3. The van der Waals surface area contributed by atoms with Crippen LogP contribution in [0.4, 0.5) is 26.3 Å². The van der Waals surface area contributed by atoms with Crippen molar-refractivity contribution < 1.29 is 31.1 Å². The van der Waals surface area contributed by atoms with Gasteiger partial charge < -0.3 is 0 Å². The maximum absolute atomic E-state index is 12.7. The Morgan fingerprint density at radius 1 is 1.20 bits per heavy atom. The topological polar surface area (TPSA) is 20.3 Å². The lowest BCUT2D eigenvalue weighted by atomic mass is 10.2. The maximum Gasteiger partial charge on any atom is 0.342 e. The summed E-state index contributed by atoms with van der Waals surface area (Å²) in [5, 5.41) is 0. The van der Waals surface area contributed by atoms with E-state index >= 15 is 0 Å². The molecule has 0 heterocycles. The zero-order chi connectivity index (χ0) is 12.4. The number of ketones is 1. The molecule has 0 aromatic carbocycles. The number of alkyl halides is 3. The van der Waals surface area contributed by atoms with E-state index in [-0.39, 0.29) is 4.90 Å². The average molecular weight is 235 g/mol. The monoisotopic (exact) mass is 235 g/mol. The van der Waals surface area contributed by atoms with E-state index in [0.29, 0.717) is 14.1 Å². The summed E-state index contributed by atoms with van der Waals surface area (Å²) in [7, 11) is 1.43. The number of carbonyl (C=O) groups is 1. The molecule has 0 spiro atoms. The van der Waals surface area contributed by atoms with Gasteiger partial charge in [0, 0.05) is 0 Å². The van der Waals surface area contributed by atoms with Crippen molar-refractivity contribution in [1.82, 2.24) is 4.90 Å². The molecule has 0 saturated carbocycles. The van der Waals surface area contributed by atoms with Gasteiger partial charge in [0.15, 0.2) is 0 Å². The zero-order valence-corrected chi connectivity index (χ0v) is 7.70. The van der Waals surface area contributed by atoms with Gasteiger partial charge in [-0.25, -0.2) is 9.29 Å². The molecule has 0 rings (SSSR count). The third-order valence-corrected chi connectivity index (χ3v) is 1.51. The minimum Gasteiger partial charge on any atom is -0.288 e. The molecule has 0 aliphatic rings. The van der Waals surface area contributed by atoms with Gasteiger partial charge >= 0.3 is 12.1 Å². The summed E-state index contributed by atoms with van der Waals surface area (Å²) in [5.41, 5.74) is 0. The number of halogens is 6. The normalized spacial score (nSPS) is 13.9. The van der Waals surface area contributed by atoms with Crippen LogP contribution in [0, 0.1) is 0 Å². The van der Waals surface area contributed by atoms with Crippen LogP contribution in [0.15, 0.2) is 11.9 Å². The summed E-state index contributed by atoms with van der Waals surface area (Å²) >= 11 is 0. The fourth-order valence-electron chi connectivity index (χ4n) is 0.589. The first-order valence-corrected chi connectivity index (χ1v) is 3.56. The molecule has 15 heavy (non-hydrogen) atoms. The third kappa shape index (κ3) is 2.95. The summed E-state index contributed by atoms with van der Waals surface area (Å²) in [6, 6.07) is -4.34. The molecule has 2 nitrogen and oxygen atoms in total. The quantitative estimate of drug-likeness (QED) is 0.422. The molecular weight excluding hydrogens is 228 g/mol. The minimum absolute atomic E-state index is 0.0149. The lowest BCUT2D eigenvalue weighted by Crippen LogP contribution is -2.47. The van der Waals surface area contributed by atoms with Gasteiger partial charge in [-0.2, -0.15) is 22.0 Å². The van der Waals surface area contributed by atoms with Gasteiger partial charge in [-0.1, -0.05) is 0 Å². The van der Waals surface area contributed by atoms with Gasteiger partial charge in [0.1, 0.15) is 0 Å². The maximum atomic E-state index is 12.7. The second-order valence-electron chi connectivity index (χ2n) is 2.78. The van der Waals surface area contributed by atoms with Crippen molar-refractivity contribution in [2.45, 2.75) is 12.2 Å². The molecular formula is C7H7F6NO. The Bertz CT molecular complexity index is 283. The fourth-order valence-corrected chi connectivity index (χ4v) is 0.589. The first kappa shape index (κ1) is 13.9. The van der Waals surface area contributed by atoms with Gasteiger partial charge in [0.25, 0.3) is 0 Å². The fraction of sp³-hybridized carbons (Fsp3) is 0.571. The smallest absolute Gasteiger partial charge is 0.288 e. The lowest BCUT2D eigenvalue weighted by molar-refractivity contribution is -0.178. The Kier molecular flexibility index (Phi) is 4.32. The van der Waals surface area contributed by atoms with Crippen LogP contribution < -0.4 is 0 Å². The SMILES string of the molecule is CN(C)C(F)(F)C(F)C(=O)C(F)=C(F)F. The number of nitrogens with zero attached hydrogens (tertiary/aromatic N) is 1. The summed E-state index contributed by atoms with van der Waals surface area (Å²) in [6.07, 6.45) is -6.80. The second-order valence-corrected chi connectivity index (χ2v) is 2.78. The van der Waals surface area contributed by atoms with Crippen LogP contribution >= 0.6 is 0 Å². The first-order valence-electron chi connectivity index (χ1n) is 3.56. The molecule has 0 N–H and O–H groups in total. The molecule has 0 aliphatic carbocycles. The Balaban J connectivity index is 4.97. The van der Waals surface area contributed by atoms with E-state index in [0.717, 1.165) is 0 Å². The van der Waals surface area contributed by atoms with Crippen molar-refractivity contribution in [3.05, 3.63) is 11.9 Å². The molecule has 0 amide bonds. The van der Waals surface area contributed by atoms with Gasteiger partial charge in [-0.15, -0.1) is 0 Å². The number of rotatable bonds is 4. The number of carbonyl (C=O) groups excluding carboxylic acids is 1. The lowest BCUT2D eigenvalue weighted by Gasteiger charge is -2.25. The third-order valence-electron chi connectivity index (χ3n) is 1.51. The zero-order valence-electron chi connectivity index (χ0n) is 7.70. The average Bonchev–Trinajstić information content (AvgIpc) is 2.13. The van der Waals surface area contributed by atoms with E-state index in [1.165, 1.54) is 0 Å². The number of Topliss-reactive ketones (excluding diaryl/α,β-unsaturated/α-hetero) is 1. The number of allylic oxidation sites excluding steroid dienone is 1. The molecule has 0 bridgehead atoms. The molecule has 0 radical (unpaired) electrons. The van der Waals surface area contributed by atoms with Crippen molar-refractivity contribution in [3.63, 3.8) is 0 Å². The van der Waals surface area contributed by atoms with E-state index in [9.17, 15) is 31.1 Å². The Morgan fingerprint density at radius 3 is 1.87 bits per heavy atom. The highest BCUT2D eigenvalue weighted by Gasteiger charge is 2.49. The van der Waals surface area contributed by atoms with Gasteiger partial charge in [-0.3, -0.25) is 4.79 Å². The summed E-state index contributed by atoms with van der Waals surface area (Å²) in [4.78, 5) is 10.4. The molecule has 88 valence electrons. The van der Waals surface area contributed by atoms with E-state index in [2.05, 4.69) is 0 Å². The second kappa shape index (κ2) is 4.65. The number of hydrogen-bond acceptors (Lipinski definition) is 2. The largest absolute Gasteiger partial charge is 0.342 e. The van der Waals surface area contributed by atoms with Crippen LogP contribution in [0.3, 0.4) is 0 Å². The molecule has 0 saturated heterocycles. The molecule has 8 heteroatoms. The van der Waals surface area contributed by atoms with E-state index in [1.807, 2.05) is 0 Å². The molecule has 0 fully saturated rings. The molecule has 0 aliphatic heterocycles. The van der Waals surface area contributed by atoms with Crippen molar-refractivity contribution >= 4 is 5.78 Å². The predicted octanol–water partition coefficient (Wildman–Crippen LogP) is 2.13. The Morgan fingerprint density at radius 2 is 1.60 bits per heavy atom. The summed E-state index contributed by atoms with van der Waals surface area (Å²) < 4.78 is 73.2.